The second-order valence-electron chi connectivity index (χ2n) is 7.49. The third-order valence-electron chi connectivity index (χ3n) is 5.45. The van der Waals surface area contributed by atoms with Gasteiger partial charge < -0.3 is 14.6 Å². The number of anilines is 1. The lowest BCUT2D eigenvalue weighted by Crippen LogP contribution is -2.29. The van der Waals surface area contributed by atoms with Crippen molar-refractivity contribution in [3.63, 3.8) is 0 Å². The fourth-order valence-corrected chi connectivity index (χ4v) is 4.83. The summed E-state index contributed by atoms with van der Waals surface area (Å²) in [5.41, 5.74) is 1.87. The number of carbonyl (C=O) groups is 2. The van der Waals surface area contributed by atoms with Gasteiger partial charge in [-0.25, -0.2) is 0 Å². The predicted octanol–water partition coefficient (Wildman–Crippen LogP) is 5.48. The van der Waals surface area contributed by atoms with Gasteiger partial charge in [0.25, 0.3) is 11.7 Å². The van der Waals surface area contributed by atoms with Crippen LogP contribution in [0.25, 0.3) is 5.76 Å². The van der Waals surface area contributed by atoms with Crippen LogP contribution in [0.5, 0.6) is 11.5 Å². The molecule has 6 nitrogen and oxygen atoms in total. The van der Waals surface area contributed by atoms with Gasteiger partial charge in [-0.2, -0.15) is 0 Å². The van der Waals surface area contributed by atoms with E-state index < -0.39 is 17.7 Å². The summed E-state index contributed by atoms with van der Waals surface area (Å²) in [6.07, 6.45) is 0. The number of carbonyl (C=O) groups excluding carboxylic acids is 2. The van der Waals surface area contributed by atoms with E-state index in [-0.39, 0.29) is 11.3 Å². The van der Waals surface area contributed by atoms with Crippen LogP contribution in [0.2, 0.25) is 0 Å². The minimum absolute atomic E-state index is 0.0378. The van der Waals surface area contributed by atoms with Gasteiger partial charge in [0, 0.05) is 16.6 Å². The molecule has 1 amide bonds. The molecule has 0 saturated carbocycles. The van der Waals surface area contributed by atoms with Gasteiger partial charge in [-0.3, -0.25) is 14.5 Å². The number of benzene rings is 2. The molecule has 7 heteroatoms. The quantitative estimate of drug-likeness (QED) is 0.285. The Morgan fingerprint density at radius 1 is 1.03 bits per heavy atom. The lowest BCUT2D eigenvalue weighted by atomic mass is 9.99. The summed E-state index contributed by atoms with van der Waals surface area (Å²) >= 11 is 1.43. The zero-order chi connectivity index (χ0) is 23.5. The Kier molecular flexibility index (Phi) is 6.51. The molecule has 1 aliphatic rings. The van der Waals surface area contributed by atoms with Crippen LogP contribution in [0.15, 0.2) is 65.6 Å². The van der Waals surface area contributed by atoms with E-state index in [2.05, 4.69) is 0 Å². The minimum Gasteiger partial charge on any atom is -0.507 e. The highest BCUT2D eigenvalue weighted by molar-refractivity contribution is 7.10. The molecular formula is C26H25NO5S. The normalized spacial score (nSPS) is 17.4. The highest BCUT2D eigenvalue weighted by atomic mass is 32.1. The first-order chi connectivity index (χ1) is 16.0. The van der Waals surface area contributed by atoms with E-state index in [1.54, 1.807) is 18.2 Å². The van der Waals surface area contributed by atoms with Crippen LogP contribution in [0.1, 0.15) is 35.9 Å². The smallest absolute Gasteiger partial charge is 0.300 e. The number of thiophene rings is 1. The van der Waals surface area contributed by atoms with E-state index in [1.165, 1.54) is 16.2 Å². The van der Waals surface area contributed by atoms with Gasteiger partial charge in [0.05, 0.1) is 24.4 Å². The monoisotopic (exact) mass is 463 g/mol. The van der Waals surface area contributed by atoms with Gasteiger partial charge in [-0.05, 0) is 56.0 Å². The SMILES string of the molecule is CCOc1ccc(/C(O)=C2/C(=O)C(=O)N(c3ccccc3C)C2c2cccs2)c(OCC)c1. The second kappa shape index (κ2) is 9.50. The van der Waals surface area contributed by atoms with Crippen LogP contribution < -0.4 is 14.4 Å². The maximum Gasteiger partial charge on any atom is 0.300 e. The van der Waals surface area contributed by atoms with Crippen molar-refractivity contribution in [2.45, 2.75) is 26.8 Å². The molecule has 33 heavy (non-hydrogen) atoms. The summed E-state index contributed by atoms with van der Waals surface area (Å²) < 4.78 is 11.3. The average molecular weight is 464 g/mol. The fraction of sp³-hybridized carbons (Fsp3) is 0.231. The van der Waals surface area contributed by atoms with Crippen molar-refractivity contribution in [3.8, 4) is 11.5 Å². The van der Waals surface area contributed by atoms with Gasteiger partial charge >= 0.3 is 0 Å². The number of aryl methyl sites for hydroxylation is 1. The van der Waals surface area contributed by atoms with Crippen molar-refractivity contribution < 1.29 is 24.2 Å². The Hall–Kier alpha value is -3.58. The van der Waals surface area contributed by atoms with Crippen LogP contribution in [0, 0.1) is 6.92 Å². The third kappa shape index (κ3) is 4.12. The summed E-state index contributed by atoms with van der Waals surface area (Å²) in [5.74, 6) is -0.700. The number of rotatable bonds is 7. The average Bonchev–Trinajstić information content (AvgIpc) is 3.42. The van der Waals surface area contributed by atoms with Gasteiger partial charge in [-0.15, -0.1) is 11.3 Å². The van der Waals surface area contributed by atoms with Crippen molar-refractivity contribution in [1.82, 2.24) is 0 Å². The molecule has 2 heterocycles. The molecule has 1 N–H and O–H groups in total. The molecular weight excluding hydrogens is 438 g/mol. The molecule has 1 aromatic heterocycles. The number of hydrogen-bond acceptors (Lipinski definition) is 6. The molecule has 0 spiro atoms. The van der Waals surface area contributed by atoms with E-state index >= 15 is 0 Å². The van der Waals surface area contributed by atoms with Crippen LogP contribution in [0.3, 0.4) is 0 Å². The highest BCUT2D eigenvalue weighted by Gasteiger charge is 2.48. The molecule has 2 aromatic carbocycles. The van der Waals surface area contributed by atoms with Crippen molar-refractivity contribution in [2.24, 2.45) is 0 Å². The molecule has 0 bridgehead atoms. The van der Waals surface area contributed by atoms with Gasteiger partial charge in [0.1, 0.15) is 23.3 Å². The fourth-order valence-electron chi connectivity index (χ4n) is 4.01. The number of nitrogens with zero attached hydrogens (tertiary/aromatic N) is 1. The van der Waals surface area contributed by atoms with E-state index in [4.69, 9.17) is 9.47 Å². The van der Waals surface area contributed by atoms with Crippen molar-refractivity contribution in [1.29, 1.82) is 0 Å². The molecule has 0 radical (unpaired) electrons. The van der Waals surface area contributed by atoms with Crippen LogP contribution in [-0.4, -0.2) is 30.0 Å². The number of aliphatic hydroxyl groups excluding tert-OH is 1. The third-order valence-corrected chi connectivity index (χ3v) is 6.38. The largest absolute Gasteiger partial charge is 0.507 e. The summed E-state index contributed by atoms with van der Waals surface area (Å²) in [6, 6.07) is 15.4. The maximum absolute atomic E-state index is 13.3. The number of hydrogen-bond donors (Lipinski definition) is 1. The molecule has 170 valence electrons. The standard InChI is InChI=1S/C26H25NO5S/c1-4-31-17-12-13-18(20(15-17)32-5-2)24(28)22-23(21-11-8-14-33-21)27(26(30)25(22)29)19-10-7-6-9-16(19)3/h6-15,23,28H,4-5H2,1-3H3/b24-22-. The zero-order valence-corrected chi connectivity index (χ0v) is 19.5. The number of Topliss-reactive ketones (excluding diaryl/α,β-unsaturated/α-hetero) is 1. The summed E-state index contributed by atoms with van der Waals surface area (Å²) in [7, 11) is 0. The first kappa shape index (κ1) is 22.6. The molecule has 4 rings (SSSR count). The predicted molar refractivity (Wildman–Crippen MR) is 129 cm³/mol. The minimum atomic E-state index is -0.743. The van der Waals surface area contributed by atoms with Gasteiger partial charge in [0.15, 0.2) is 0 Å². The topological polar surface area (TPSA) is 76.1 Å². The first-order valence-corrected chi connectivity index (χ1v) is 11.7. The van der Waals surface area contributed by atoms with E-state index in [0.29, 0.717) is 36.0 Å². The van der Waals surface area contributed by atoms with Crippen molar-refractivity contribution in [2.75, 3.05) is 18.1 Å². The summed E-state index contributed by atoms with van der Waals surface area (Å²) in [6.45, 7) is 6.45. The second-order valence-corrected chi connectivity index (χ2v) is 8.47. The molecule has 3 aromatic rings. The van der Waals surface area contributed by atoms with Crippen molar-refractivity contribution >= 4 is 34.5 Å². The first-order valence-electron chi connectivity index (χ1n) is 10.8. The van der Waals surface area contributed by atoms with Crippen molar-refractivity contribution in [3.05, 3.63) is 81.6 Å². The molecule has 1 atom stereocenters. The molecule has 1 aliphatic heterocycles. The molecule has 1 fully saturated rings. The van der Waals surface area contributed by atoms with Gasteiger partial charge in [0.2, 0.25) is 0 Å². The Balaban J connectivity index is 1.92. The van der Waals surface area contributed by atoms with Gasteiger partial charge in [-0.1, -0.05) is 24.3 Å². The Labute approximate surface area is 196 Å². The maximum atomic E-state index is 13.3. The number of para-hydroxylation sites is 1. The molecule has 1 unspecified atom stereocenters. The molecule has 0 aliphatic carbocycles. The lowest BCUT2D eigenvalue weighted by Gasteiger charge is -2.25. The number of aliphatic hydroxyl groups is 1. The van der Waals surface area contributed by atoms with Crippen LogP contribution >= 0.6 is 11.3 Å². The Bertz CT molecular complexity index is 1220. The lowest BCUT2D eigenvalue weighted by molar-refractivity contribution is -0.132. The van der Waals surface area contributed by atoms with E-state index in [9.17, 15) is 14.7 Å². The van der Waals surface area contributed by atoms with Crippen LogP contribution in [0.4, 0.5) is 5.69 Å². The summed E-state index contributed by atoms with van der Waals surface area (Å²) in [5, 5.41) is 13.3. The zero-order valence-electron chi connectivity index (χ0n) is 18.7. The Morgan fingerprint density at radius 3 is 2.45 bits per heavy atom. The van der Waals surface area contributed by atoms with E-state index in [1.807, 2.05) is 62.5 Å². The highest BCUT2D eigenvalue weighted by Crippen LogP contribution is 2.45. The number of ketones is 1. The van der Waals surface area contributed by atoms with E-state index in [0.717, 1.165) is 10.4 Å². The van der Waals surface area contributed by atoms with Crippen LogP contribution in [-0.2, 0) is 9.59 Å². The number of ether oxygens (including phenoxy) is 2. The molecule has 1 saturated heterocycles. The summed E-state index contributed by atoms with van der Waals surface area (Å²) in [4.78, 5) is 28.8. The number of amides is 1. The Morgan fingerprint density at radius 2 is 1.79 bits per heavy atom.